The molecule has 5 aromatic carbocycles. The predicted octanol–water partition coefficient (Wildman–Crippen LogP) is 8.23. The Morgan fingerprint density at radius 2 is 1.03 bits per heavy atom. The summed E-state index contributed by atoms with van der Waals surface area (Å²) in [6.45, 7) is 4.78. The Kier molecular flexibility index (Phi) is 14.0. The van der Waals surface area contributed by atoms with E-state index in [9.17, 15) is 5.11 Å². The van der Waals surface area contributed by atoms with Gasteiger partial charge in [0.2, 0.25) is 17.5 Å². The van der Waals surface area contributed by atoms with Gasteiger partial charge in [0.1, 0.15) is 5.82 Å². The van der Waals surface area contributed by atoms with Gasteiger partial charge in [-0.05, 0) is 61.9 Å². The van der Waals surface area contributed by atoms with Crippen molar-refractivity contribution in [2.75, 3.05) is 0 Å². The van der Waals surface area contributed by atoms with Crippen molar-refractivity contribution in [1.82, 2.24) is 71.4 Å². The van der Waals surface area contributed by atoms with Gasteiger partial charge in [0.25, 0.3) is 0 Å². The Labute approximate surface area is 351 Å². The molecule has 0 fully saturated rings. The van der Waals surface area contributed by atoms with Crippen LogP contribution in [-0.2, 0) is 26.0 Å². The maximum Gasteiger partial charge on any atom is 0.205 e. The van der Waals surface area contributed by atoms with Crippen molar-refractivity contribution in [2.24, 2.45) is 0 Å². The number of rotatable bonds is 12. The Balaban J connectivity index is 0.000000153. The first kappa shape index (κ1) is 40.9. The molecule has 4 N–H and O–H groups in total. The van der Waals surface area contributed by atoms with E-state index in [1.807, 2.05) is 77.4 Å². The quantitative estimate of drug-likeness (QED) is 0.0925. The number of unbranched alkanes of at least 4 members (excludes halogenated alkanes) is 1. The number of hydrogen-bond donors (Lipinski definition) is 4. The van der Waals surface area contributed by atoms with Crippen molar-refractivity contribution in [1.29, 1.82) is 0 Å². The molecule has 0 aliphatic carbocycles. The summed E-state index contributed by atoms with van der Waals surface area (Å²) in [6, 6.07) is 42.7. The molecule has 0 aliphatic heterocycles. The lowest BCUT2D eigenvalue weighted by Gasteiger charge is -2.12. The van der Waals surface area contributed by atoms with Gasteiger partial charge in [-0.15, -0.1) is 30.6 Å². The Hall–Kier alpha value is -7.23. The molecular formula is C44H43ClN14O. The van der Waals surface area contributed by atoms with Crippen LogP contribution in [0, 0.1) is 0 Å². The Bertz CT molecular complexity index is 2630. The molecule has 0 spiro atoms. The van der Waals surface area contributed by atoms with Gasteiger partial charge in [-0.1, -0.05) is 159 Å². The second-order valence-electron chi connectivity index (χ2n) is 13.5. The SMILES string of the molecule is CCCCc1nc(Cl)c(CO)n1Cc1ccc(-c2ccccc2-c2nn[nH]n2)cc1.CCc1ccc(-c2ccccc2-c2nn[nH]n2)cc1.c1ccc(-c2nn[nH]n2)cc1. The molecule has 0 atom stereocenters. The van der Waals surface area contributed by atoms with E-state index in [0.29, 0.717) is 34.9 Å². The molecule has 9 aromatic rings. The van der Waals surface area contributed by atoms with Crippen LogP contribution in [0.15, 0.2) is 127 Å². The summed E-state index contributed by atoms with van der Waals surface area (Å²) in [4.78, 5) is 4.47. The maximum absolute atomic E-state index is 9.77. The minimum absolute atomic E-state index is 0.131. The minimum atomic E-state index is -0.131. The molecule has 16 heteroatoms. The predicted molar refractivity (Wildman–Crippen MR) is 230 cm³/mol. The maximum atomic E-state index is 9.77. The number of imidazole rings is 1. The summed E-state index contributed by atoms with van der Waals surface area (Å²) in [5.41, 5.74) is 10.4. The van der Waals surface area contributed by atoms with Gasteiger partial charge in [0.05, 0.1) is 12.3 Å². The number of benzene rings is 5. The van der Waals surface area contributed by atoms with Crippen LogP contribution in [0.2, 0.25) is 5.15 Å². The Morgan fingerprint density at radius 3 is 1.50 bits per heavy atom. The largest absolute Gasteiger partial charge is 0.390 e. The third-order valence-corrected chi connectivity index (χ3v) is 9.99. The summed E-state index contributed by atoms with van der Waals surface area (Å²) < 4.78 is 2.03. The van der Waals surface area contributed by atoms with Gasteiger partial charge in [-0.25, -0.2) is 4.98 Å². The fourth-order valence-electron chi connectivity index (χ4n) is 6.54. The number of aryl methyl sites for hydroxylation is 2. The van der Waals surface area contributed by atoms with Gasteiger partial charge < -0.3 is 9.67 Å². The van der Waals surface area contributed by atoms with Gasteiger partial charge >= 0.3 is 0 Å². The Morgan fingerprint density at radius 1 is 0.550 bits per heavy atom. The number of nitrogens with one attached hydrogen (secondary N) is 3. The second-order valence-corrected chi connectivity index (χ2v) is 13.9. The lowest BCUT2D eigenvalue weighted by atomic mass is 9.98. The highest BCUT2D eigenvalue weighted by Gasteiger charge is 2.16. The number of tetrazole rings is 3. The minimum Gasteiger partial charge on any atom is -0.390 e. The van der Waals surface area contributed by atoms with Gasteiger partial charge in [0.15, 0.2) is 5.15 Å². The summed E-state index contributed by atoms with van der Waals surface area (Å²) in [6.07, 6.45) is 4.00. The van der Waals surface area contributed by atoms with E-state index in [1.54, 1.807) is 0 Å². The standard InChI is InChI=1S/C22H23ClN6O.C15H14N4.C7H6N4/c1-2-3-8-20-24-21(23)19(14-30)29(20)13-15-9-11-16(12-10-15)17-6-4-5-7-18(17)22-25-27-28-26-22;1-2-11-7-9-12(10-8-11)13-5-3-4-6-14(13)15-16-18-19-17-15;1-2-4-6(5-3-1)7-8-10-11-9-7/h4-7,9-12,30H,2-3,8,13-14H2,1H3,(H,25,26,27,28);3-10H,2H2,1H3,(H,16,17,18,19);1-5H,(H,8,9,10,11). The fourth-order valence-corrected chi connectivity index (χ4v) is 6.80. The molecule has 0 unspecified atom stereocenters. The highest BCUT2D eigenvalue weighted by molar-refractivity contribution is 6.30. The summed E-state index contributed by atoms with van der Waals surface area (Å²) >= 11 is 6.26. The lowest BCUT2D eigenvalue weighted by Crippen LogP contribution is -2.09. The molecule has 0 aliphatic rings. The summed E-state index contributed by atoms with van der Waals surface area (Å²) in [7, 11) is 0. The average molecular weight is 819 g/mol. The van der Waals surface area contributed by atoms with Crippen LogP contribution in [-0.4, -0.2) is 76.5 Å². The molecule has 9 rings (SSSR count). The zero-order chi connectivity index (χ0) is 41.5. The number of nitrogens with zero attached hydrogens (tertiary/aromatic N) is 11. The fraction of sp³-hybridized carbons (Fsp3) is 0.182. The molecule has 302 valence electrons. The average Bonchev–Trinajstić information content (AvgIpc) is 4.17. The van der Waals surface area contributed by atoms with Crippen molar-refractivity contribution in [3.8, 4) is 56.4 Å². The molecule has 0 saturated carbocycles. The molecule has 60 heavy (non-hydrogen) atoms. The first-order valence-corrected chi connectivity index (χ1v) is 19.9. The zero-order valence-corrected chi connectivity index (χ0v) is 33.9. The molecule has 4 heterocycles. The highest BCUT2D eigenvalue weighted by Crippen LogP contribution is 2.31. The number of hydrogen-bond acceptors (Lipinski definition) is 11. The van der Waals surface area contributed by atoms with E-state index in [0.717, 1.165) is 76.0 Å². The molecule has 0 radical (unpaired) electrons. The molecular weight excluding hydrogens is 776 g/mol. The normalized spacial score (nSPS) is 10.7. The zero-order valence-electron chi connectivity index (χ0n) is 33.1. The smallest absolute Gasteiger partial charge is 0.205 e. The van der Waals surface area contributed by atoms with Gasteiger partial charge in [0, 0.05) is 29.7 Å². The van der Waals surface area contributed by atoms with Crippen molar-refractivity contribution >= 4 is 11.6 Å². The molecule has 15 nitrogen and oxygen atoms in total. The molecule has 4 aromatic heterocycles. The van der Waals surface area contributed by atoms with Crippen LogP contribution in [0.4, 0.5) is 0 Å². The van der Waals surface area contributed by atoms with Crippen LogP contribution in [0.1, 0.15) is 49.3 Å². The number of aromatic amines is 3. The first-order valence-electron chi connectivity index (χ1n) is 19.5. The van der Waals surface area contributed by atoms with Crippen LogP contribution in [0.25, 0.3) is 56.4 Å². The van der Waals surface area contributed by atoms with E-state index in [-0.39, 0.29) is 6.61 Å². The van der Waals surface area contributed by atoms with E-state index >= 15 is 0 Å². The van der Waals surface area contributed by atoms with Crippen molar-refractivity contribution in [3.05, 3.63) is 155 Å². The number of halogens is 1. The van der Waals surface area contributed by atoms with Crippen LogP contribution in [0.3, 0.4) is 0 Å². The third kappa shape index (κ3) is 10.1. The monoisotopic (exact) mass is 818 g/mol. The second kappa shape index (κ2) is 20.5. The van der Waals surface area contributed by atoms with Crippen LogP contribution >= 0.6 is 11.6 Å². The number of aliphatic hydroxyl groups excluding tert-OH is 1. The van der Waals surface area contributed by atoms with Crippen LogP contribution in [0.5, 0.6) is 0 Å². The molecule has 0 bridgehead atoms. The number of aliphatic hydroxyl groups is 1. The van der Waals surface area contributed by atoms with Crippen molar-refractivity contribution in [3.63, 3.8) is 0 Å². The van der Waals surface area contributed by atoms with E-state index < -0.39 is 0 Å². The summed E-state index contributed by atoms with van der Waals surface area (Å²) in [5, 5.41) is 52.3. The molecule has 0 amide bonds. The van der Waals surface area contributed by atoms with E-state index in [2.05, 4.69) is 135 Å². The topological polar surface area (TPSA) is 201 Å². The van der Waals surface area contributed by atoms with Crippen molar-refractivity contribution in [2.45, 2.75) is 52.7 Å². The third-order valence-electron chi connectivity index (χ3n) is 9.69. The number of H-pyrrole nitrogens is 3. The molecule has 0 saturated heterocycles. The summed E-state index contributed by atoms with van der Waals surface area (Å²) in [5.74, 6) is 2.73. The van der Waals surface area contributed by atoms with Crippen molar-refractivity contribution < 1.29 is 5.11 Å². The van der Waals surface area contributed by atoms with Gasteiger partial charge in [-0.2, -0.15) is 15.6 Å². The van der Waals surface area contributed by atoms with Gasteiger partial charge in [-0.3, -0.25) is 0 Å². The number of aromatic nitrogens is 14. The lowest BCUT2D eigenvalue weighted by molar-refractivity contribution is 0.271. The first-order chi connectivity index (χ1) is 29.6. The van der Waals surface area contributed by atoms with E-state index in [1.165, 1.54) is 5.56 Å². The highest BCUT2D eigenvalue weighted by atomic mass is 35.5. The van der Waals surface area contributed by atoms with Crippen LogP contribution < -0.4 is 0 Å². The van der Waals surface area contributed by atoms with E-state index in [4.69, 9.17) is 11.6 Å².